The lowest BCUT2D eigenvalue weighted by atomic mass is 10.1. The molecule has 5 heteroatoms. The Kier molecular flexibility index (Phi) is 3.41. The number of anilines is 1. The number of nitrogens with zero attached hydrogens (tertiary/aromatic N) is 1. The lowest BCUT2D eigenvalue weighted by Crippen LogP contribution is -2.27. The molecule has 5 nitrogen and oxygen atoms in total. The van der Waals surface area contributed by atoms with Crippen molar-refractivity contribution in [3.05, 3.63) is 47.3 Å². The Morgan fingerprint density at radius 2 is 2.10 bits per heavy atom. The SMILES string of the molecule is CC(C)c1[nH]nc(C(=O)NC2CC2c2ccccc2)c1N. The van der Waals surface area contributed by atoms with Crippen LogP contribution in [0.25, 0.3) is 0 Å². The zero-order valence-corrected chi connectivity index (χ0v) is 12.3. The third-order valence-electron chi connectivity index (χ3n) is 3.96. The van der Waals surface area contributed by atoms with Crippen LogP contribution >= 0.6 is 0 Å². The van der Waals surface area contributed by atoms with Crippen molar-refractivity contribution in [1.29, 1.82) is 0 Å². The molecule has 4 N–H and O–H groups in total. The van der Waals surface area contributed by atoms with Gasteiger partial charge in [-0.3, -0.25) is 9.89 Å². The van der Waals surface area contributed by atoms with Gasteiger partial charge in [0.25, 0.3) is 5.91 Å². The van der Waals surface area contributed by atoms with E-state index in [2.05, 4.69) is 27.6 Å². The highest BCUT2D eigenvalue weighted by molar-refractivity contribution is 5.98. The summed E-state index contributed by atoms with van der Waals surface area (Å²) < 4.78 is 0. The first-order valence-corrected chi connectivity index (χ1v) is 7.27. The summed E-state index contributed by atoms with van der Waals surface area (Å²) in [5.74, 6) is 0.427. The molecule has 1 aliphatic carbocycles. The summed E-state index contributed by atoms with van der Waals surface area (Å²) in [5.41, 5.74) is 8.83. The van der Waals surface area contributed by atoms with E-state index in [4.69, 9.17) is 5.73 Å². The minimum Gasteiger partial charge on any atom is -0.395 e. The molecule has 0 saturated heterocycles. The van der Waals surface area contributed by atoms with E-state index in [0.29, 0.717) is 17.3 Å². The highest BCUT2D eigenvalue weighted by Crippen LogP contribution is 2.40. The van der Waals surface area contributed by atoms with Gasteiger partial charge in [0.05, 0.1) is 11.4 Å². The summed E-state index contributed by atoms with van der Waals surface area (Å²) in [6.07, 6.45) is 0.969. The third-order valence-corrected chi connectivity index (χ3v) is 3.96. The second kappa shape index (κ2) is 5.24. The number of aromatic nitrogens is 2. The van der Waals surface area contributed by atoms with Crippen molar-refractivity contribution < 1.29 is 4.79 Å². The first-order valence-electron chi connectivity index (χ1n) is 7.27. The Morgan fingerprint density at radius 1 is 1.38 bits per heavy atom. The van der Waals surface area contributed by atoms with Gasteiger partial charge in [0.1, 0.15) is 0 Å². The van der Waals surface area contributed by atoms with Crippen LogP contribution in [-0.2, 0) is 0 Å². The maximum absolute atomic E-state index is 12.3. The molecule has 1 aliphatic rings. The van der Waals surface area contributed by atoms with E-state index >= 15 is 0 Å². The monoisotopic (exact) mass is 284 g/mol. The molecular formula is C16H20N4O. The molecule has 0 aliphatic heterocycles. The van der Waals surface area contributed by atoms with E-state index in [9.17, 15) is 4.79 Å². The minimum absolute atomic E-state index is 0.179. The van der Waals surface area contributed by atoms with E-state index < -0.39 is 0 Å². The Hall–Kier alpha value is -2.30. The van der Waals surface area contributed by atoms with E-state index in [1.807, 2.05) is 32.0 Å². The van der Waals surface area contributed by atoms with Crippen LogP contribution < -0.4 is 11.1 Å². The average molecular weight is 284 g/mol. The molecule has 1 amide bonds. The molecule has 2 unspecified atom stereocenters. The number of aromatic amines is 1. The van der Waals surface area contributed by atoms with Gasteiger partial charge in [0.2, 0.25) is 0 Å². The average Bonchev–Trinajstić information content (AvgIpc) is 3.11. The number of hydrogen-bond donors (Lipinski definition) is 3. The Balaban J connectivity index is 1.66. The molecule has 110 valence electrons. The highest BCUT2D eigenvalue weighted by atomic mass is 16.2. The minimum atomic E-state index is -0.195. The first-order chi connectivity index (χ1) is 10.1. The van der Waals surface area contributed by atoms with Crippen molar-refractivity contribution in [2.45, 2.75) is 38.1 Å². The second-order valence-electron chi connectivity index (χ2n) is 5.89. The lowest BCUT2D eigenvalue weighted by molar-refractivity contribution is 0.0946. The summed E-state index contributed by atoms with van der Waals surface area (Å²) in [4.78, 5) is 12.3. The number of amides is 1. The fourth-order valence-electron chi connectivity index (χ4n) is 2.64. The van der Waals surface area contributed by atoms with Crippen LogP contribution in [0.4, 0.5) is 5.69 Å². The van der Waals surface area contributed by atoms with Crippen molar-refractivity contribution in [2.75, 3.05) is 5.73 Å². The van der Waals surface area contributed by atoms with E-state index in [-0.39, 0.29) is 17.9 Å². The number of carbonyl (C=O) groups excluding carboxylic acids is 1. The summed E-state index contributed by atoms with van der Waals surface area (Å²) in [6, 6.07) is 10.4. The second-order valence-corrected chi connectivity index (χ2v) is 5.89. The van der Waals surface area contributed by atoms with Gasteiger partial charge in [-0.25, -0.2) is 0 Å². The first kappa shape index (κ1) is 13.7. The van der Waals surface area contributed by atoms with Crippen LogP contribution in [0, 0.1) is 0 Å². The Labute approximate surface area is 123 Å². The van der Waals surface area contributed by atoms with Crippen molar-refractivity contribution in [3.8, 4) is 0 Å². The summed E-state index contributed by atoms with van der Waals surface area (Å²) >= 11 is 0. The number of hydrogen-bond acceptors (Lipinski definition) is 3. The van der Waals surface area contributed by atoms with Crippen molar-refractivity contribution >= 4 is 11.6 Å². The third kappa shape index (κ3) is 2.63. The van der Waals surface area contributed by atoms with Crippen LogP contribution in [0.1, 0.15) is 53.8 Å². The number of carbonyl (C=O) groups is 1. The van der Waals surface area contributed by atoms with Gasteiger partial charge >= 0.3 is 0 Å². The Bertz CT molecular complexity index is 648. The van der Waals surface area contributed by atoms with Crippen LogP contribution in [0.2, 0.25) is 0 Å². The standard InChI is InChI=1S/C16H20N4O/c1-9(2)14-13(17)15(20-19-14)16(21)18-12-8-11(12)10-6-4-3-5-7-10/h3-7,9,11-12H,8,17H2,1-2H3,(H,18,21)(H,19,20). The van der Waals surface area contributed by atoms with Crippen LogP contribution in [0.3, 0.4) is 0 Å². The number of nitrogen functional groups attached to an aromatic ring is 1. The number of H-pyrrole nitrogens is 1. The molecule has 0 bridgehead atoms. The summed E-state index contributed by atoms with van der Waals surface area (Å²) in [6.45, 7) is 4.02. The van der Waals surface area contributed by atoms with Crippen molar-refractivity contribution in [3.63, 3.8) is 0 Å². The van der Waals surface area contributed by atoms with Gasteiger partial charge in [-0.05, 0) is 17.9 Å². The van der Waals surface area contributed by atoms with Gasteiger partial charge in [-0.15, -0.1) is 0 Å². The van der Waals surface area contributed by atoms with Crippen molar-refractivity contribution in [2.24, 2.45) is 0 Å². The summed E-state index contributed by atoms with van der Waals surface area (Å²) in [7, 11) is 0. The van der Waals surface area contributed by atoms with E-state index in [1.165, 1.54) is 5.56 Å². The van der Waals surface area contributed by atoms with Crippen LogP contribution in [0.5, 0.6) is 0 Å². The highest BCUT2D eigenvalue weighted by Gasteiger charge is 2.40. The maximum Gasteiger partial charge on any atom is 0.274 e. The predicted octanol–water partition coefficient (Wildman–Crippen LogP) is 2.40. The van der Waals surface area contributed by atoms with Crippen molar-refractivity contribution in [1.82, 2.24) is 15.5 Å². The molecule has 1 saturated carbocycles. The zero-order valence-electron chi connectivity index (χ0n) is 12.3. The fraction of sp³-hybridized carbons (Fsp3) is 0.375. The van der Waals surface area contributed by atoms with Gasteiger partial charge in [0, 0.05) is 12.0 Å². The van der Waals surface area contributed by atoms with E-state index in [0.717, 1.165) is 12.1 Å². The molecule has 2 aromatic rings. The molecule has 1 fully saturated rings. The van der Waals surface area contributed by atoms with Gasteiger partial charge in [0.15, 0.2) is 5.69 Å². The van der Waals surface area contributed by atoms with Gasteiger partial charge < -0.3 is 11.1 Å². The zero-order chi connectivity index (χ0) is 15.0. The lowest BCUT2D eigenvalue weighted by Gasteiger charge is -2.05. The number of rotatable bonds is 4. The smallest absolute Gasteiger partial charge is 0.274 e. The van der Waals surface area contributed by atoms with E-state index in [1.54, 1.807) is 0 Å². The topological polar surface area (TPSA) is 83.8 Å². The molecule has 3 rings (SSSR count). The Morgan fingerprint density at radius 3 is 2.71 bits per heavy atom. The molecule has 1 heterocycles. The largest absolute Gasteiger partial charge is 0.395 e. The molecule has 21 heavy (non-hydrogen) atoms. The normalized spacial score (nSPS) is 20.5. The molecule has 1 aromatic heterocycles. The molecular weight excluding hydrogens is 264 g/mol. The molecule has 2 atom stereocenters. The maximum atomic E-state index is 12.3. The van der Waals surface area contributed by atoms with Gasteiger partial charge in [-0.2, -0.15) is 5.10 Å². The van der Waals surface area contributed by atoms with Gasteiger partial charge in [-0.1, -0.05) is 44.2 Å². The molecule has 1 aromatic carbocycles. The molecule has 0 spiro atoms. The predicted molar refractivity (Wildman–Crippen MR) is 82.1 cm³/mol. The number of nitrogens with one attached hydrogen (secondary N) is 2. The molecule has 0 radical (unpaired) electrons. The number of benzene rings is 1. The quantitative estimate of drug-likeness (QED) is 0.806. The number of nitrogens with two attached hydrogens (primary N) is 1. The summed E-state index contributed by atoms with van der Waals surface area (Å²) in [5, 5.41) is 9.92. The van der Waals surface area contributed by atoms with Crippen LogP contribution in [0.15, 0.2) is 30.3 Å². The van der Waals surface area contributed by atoms with Crippen LogP contribution in [-0.4, -0.2) is 22.1 Å². The fourth-order valence-corrected chi connectivity index (χ4v) is 2.64.